The molecule has 5 heteroatoms. The predicted octanol–water partition coefficient (Wildman–Crippen LogP) is 1.30. The number of aromatic nitrogens is 1. The molecule has 0 radical (unpaired) electrons. The third kappa shape index (κ3) is 3.30. The van der Waals surface area contributed by atoms with Gasteiger partial charge in [0.2, 0.25) is 0 Å². The standard InChI is InChI=1S/C14H21N3O2/c1-10-7-17(8-11(2)16(10)3)9-13-5-4-12(6-15-13)14(18)19/h4-6,10-11H,7-9H2,1-3H3,(H,18,19). The largest absolute Gasteiger partial charge is 0.478 e. The van der Waals surface area contributed by atoms with E-state index in [0.717, 1.165) is 25.3 Å². The zero-order valence-corrected chi connectivity index (χ0v) is 11.7. The summed E-state index contributed by atoms with van der Waals surface area (Å²) in [5.74, 6) is -0.930. The highest BCUT2D eigenvalue weighted by molar-refractivity contribution is 5.87. The Kier molecular flexibility index (Phi) is 4.17. The summed E-state index contributed by atoms with van der Waals surface area (Å²) in [6, 6.07) is 4.48. The maximum Gasteiger partial charge on any atom is 0.337 e. The number of carbonyl (C=O) groups is 1. The Morgan fingerprint density at radius 1 is 1.37 bits per heavy atom. The summed E-state index contributed by atoms with van der Waals surface area (Å²) in [5, 5.41) is 8.84. The molecule has 1 N–H and O–H groups in total. The fourth-order valence-electron chi connectivity index (χ4n) is 2.52. The van der Waals surface area contributed by atoms with Gasteiger partial charge < -0.3 is 5.11 Å². The third-order valence-corrected chi connectivity index (χ3v) is 3.89. The second-order valence-corrected chi connectivity index (χ2v) is 5.40. The zero-order chi connectivity index (χ0) is 14.0. The van der Waals surface area contributed by atoms with Crippen LogP contribution in [-0.4, -0.2) is 58.1 Å². The van der Waals surface area contributed by atoms with Gasteiger partial charge in [-0.05, 0) is 33.0 Å². The van der Waals surface area contributed by atoms with Gasteiger partial charge >= 0.3 is 5.97 Å². The van der Waals surface area contributed by atoms with E-state index in [1.165, 1.54) is 6.20 Å². The Morgan fingerprint density at radius 2 is 2.00 bits per heavy atom. The molecular weight excluding hydrogens is 242 g/mol. The van der Waals surface area contributed by atoms with Gasteiger partial charge in [-0.15, -0.1) is 0 Å². The van der Waals surface area contributed by atoms with E-state index in [2.05, 4.69) is 35.7 Å². The van der Waals surface area contributed by atoms with Gasteiger partial charge in [0, 0.05) is 37.9 Å². The molecule has 1 aliphatic rings. The van der Waals surface area contributed by atoms with Crippen LogP contribution in [0.3, 0.4) is 0 Å². The Labute approximate surface area is 113 Å². The predicted molar refractivity (Wildman–Crippen MR) is 73.2 cm³/mol. The van der Waals surface area contributed by atoms with Crippen molar-refractivity contribution in [1.29, 1.82) is 0 Å². The Hall–Kier alpha value is -1.46. The number of carboxylic acid groups (broad SMARTS) is 1. The molecule has 2 unspecified atom stereocenters. The van der Waals surface area contributed by atoms with Gasteiger partial charge in [0.05, 0.1) is 11.3 Å². The minimum Gasteiger partial charge on any atom is -0.478 e. The molecule has 2 heterocycles. The fourth-order valence-corrected chi connectivity index (χ4v) is 2.52. The van der Waals surface area contributed by atoms with Crippen LogP contribution in [0.4, 0.5) is 0 Å². The molecule has 0 bridgehead atoms. The molecule has 1 saturated heterocycles. The van der Waals surface area contributed by atoms with E-state index in [9.17, 15) is 4.79 Å². The maximum absolute atomic E-state index is 10.8. The van der Waals surface area contributed by atoms with E-state index in [1.807, 2.05) is 0 Å². The molecule has 1 fully saturated rings. The molecule has 1 aromatic heterocycles. The molecule has 0 amide bonds. The fraction of sp³-hybridized carbons (Fsp3) is 0.571. The van der Waals surface area contributed by atoms with Crippen molar-refractivity contribution in [3.63, 3.8) is 0 Å². The van der Waals surface area contributed by atoms with Gasteiger partial charge in [0.15, 0.2) is 0 Å². The molecule has 1 aliphatic heterocycles. The summed E-state index contributed by atoms with van der Waals surface area (Å²) in [7, 11) is 2.16. The van der Waals surface area contributed by atoms with Gasteiger partial charge in [-0.1, -0.05) is 0 Å². The molecule has 0 saturated carbocycles. The van der Waals surface area contributed by atoms with Crippen molar-refractivity contribution in [2.75, 3.05) is 20.1 Å². The molecule has 0 aromatic carbocycles. The first-order valence-electron chi connectivity index (χ1n) is 6.60. The number of pyridine rings is 1. The van der Waals surface area contributed by atoms with Crippen LogP contribution < -0.4 is 0 Å². The zero-order valence-electron chi connectivity index (χ0n) is 11.7. The van der Waals surface area contributed by atoms with Gasteiger partial charge in [0.1, 0.15) is 0 Å². The lowest BCUT2D eigenvalue weighted by atomic mass is 10.1. The Morgan fingerprint density at radius 3 is 2.47 bits per heavy atom. The topological polar surface area (TPSA) is 56.7 Å². The van der Waals surface area contributed by atoms with E-state index >= 15 is 0 Å². The molecule has 0 spiro atoms. The van der Waals surface area contributed by atoms with Gasteiger partial charge in [-0.3, -0.25) is 14.8 Å². The molecule has 1 aromatic rings. The number of likely N-dealkylation sites (N-methyl/N-ethyl adjacent to an activating group) is 1. The number of piperazine rings is 1. The summed E-state index contributed by atoms with van der Waals surface area (Å²) in [4.78, 5) is 19.8. The Balaban J connectivity index is 1.99. The summed E-state index contributed by atoms with van der Waals surface area (Å²) < 4.78 is 0. The first kappa shape index (κ1) is 14.0. The first-order valence-corrected chi connectivity index (χ1v) is 6.60. The average Bonchev–Trinajstić information content (AvgIpc) is 2.36. The van der Waals surface area contributed by atoms with Gasteiger partial charge in [0.25, 0.3) is 0 Å². The van der Waals surface area contributed by atoms with Crippen molar-refractivity contribution in [1.82, 2.24) is 14.8 Å². The molecule has 0 aliphatic carbocycles. The Bertz CT molecular complexity index is 435. The van der Waals surface area contributed by atoms with Crippen molar-refractivity contribution in [2.24, 2.45) is 0 Å². The number of carboxylic acids is 1. The van der Waals surface area contributed by atoms with Crippen LogP contribution in [0, 0.1) is 0 Å². The summed E-state index contributed by atoms with van der Waals surface area (Å²) in [6.45, 7) is 7.27. The van der Waals surface area contributed by atoms with E-state index < -0.39 is 5.97 Å². The maximum atomic E-state index is 10.8. The SMILES string of the molecule is CC1CN(Cc2ccc(C(=O)O)cn2)CC(C)N1C. The van der Waals surface area contributed by atoms with Crippen LogP contribution in [0.2, 0.25) is 0 Å². The molecular formula is C14H21N3O2. The van der Waals surface area contributed by atoms with Crippen LogP contribution in [0.25, 0.3) is 0 Å². The highest BCUT2D eigenvalue weighted by Gasteiger charge is 2.26. The van der Waals surface area contributed by atoms with E-state index in [0.29, 0.717) is 12.1 Å². The third-order valence-electron chi connectivity index (χ3n) is 3.89. The van der Waals surface area contributed by atoms with Crippen LogP contribution in [0.5, 0.6) is 0 Å². The molecule has 2 atom stereocenters. The quantitative estimate of drug-likeness (QED) is 0.891. The van der Waals surface area contributed by atoms with Gasteiger partial charge in [-0.25, -0.2) is 4.79 Å². The van der Waals surface area contributed by atoms with Crippen molar-refractivity contribution in [2.45, 2.75) is 32.5 Å². The second-order valence-electron chi connectivity index (χ2n) is 5.40. The lowest BCUT2D eigenvalue weighted by Crippen LogP contribution is -2.54. The summed E-state index contributed by atoms with van der Waals surface area (Å²) >= 11 is 0. The smallest absolute Gasteiger partial charge is 0.337 e. The molecule has 5 nitrogen and oxygen atoms in total. The summed E-state index contributed by atoms with van der Waals surface area (Å²) in [5.41, 5.74) is 1.16. The van der Waals surface area contributed by atoms with Crippen molar-refractivity contribution in [3.8, 4) is 0 Å². The van der Waals surface area contributed by atoms with Crippen molar-refractivity contribution in [3.05, 3.63) is 29.6 Å². The number of hydrogen-bond donors (Lipinski definition) is 1. The summed E-state index contributed by atoms with van der Waals surface area (Å²) in [6.07, 6.45) is 1.43. The first-order chi connectivity index (χ1) is 8.97. The van der Waals surface area contributed by atoms with E-state index in [4.69, 9.17) is 5.11 Å². The van der Waals surface area contributed by atoms with E-state index in [1.54, 1.807) is 12.1 Å². The highest BCUT2D eigenvalue weighted by Crippen LogP contribution is 2.15. The van der Waals surface area contributed by atoms with Crippen LogP contribution in [-0.2, 0) is 6.54 Å². The average molecular weight is 263 g/mol. The van der Waals surface area contributed by atoms with Crippen molar-refractivity contribution >= 4 is 5.97 Å². The van der Waals surface area contributed by atoms with Crippen LogP contribution in [0.1, 0.15) is 29.9 Å². The van der Waals surface area contributed by atoms with E-state index in [-0.39, 0.29) is 5.56 Å². The van der Waals surface area contributed by atoms with Crippen LogP contribution >= 0.6 is 0 Å². The molecule has 19 heavy (non-hydrogen) atoms. The number of hydrogen-bond acceptors (Lipinski definition) is 4. The van der Waals surface area contributed by atoms with Gasteiger partial charge in [-0.2, -0.15) is 0 Å². The second kappa shape index (κ2) is 5.67. The minimum absolute atomic E-state index is 0.240. The number of nitrogens with zero attached hydrogens (tertiary/aromatic N) is 3. The monoisotopic (exact) mass is 263 g/mol. The molecule has 2 rings (SSSR count). The minimum atomic E-state index is -0.930. The number of aromatic carboxylic acids is 1. The normalized spacial score (nSPS) is 25.4. The molecule has 104 valence electrons. The number of rotatable bonds is 3. The lowest BCUT2D eigenvalue weighted by molar-refractivity contribution is 0.0549. The van der Waals surface area contributed by atoms with Crippen molar-refractivity contribution < 1.29 is 9.90 Å². The lowest BCUT2D eigenvalue weighted by Gasteiger charge is -2.42. The highest BCUT2D eigenvalue weighted by atomic mass is 16.4. The van der Waals surface area contributed by atoms with Crippen LogP contribution in [0.15, 0.2) is 18.3 Å².